The quantitative estimate of drug-likeness (QED) is 0.909. The predicted octanol–water partition coefficient (Wildman–Crippen LogP) is 2.50. The molecule has 108 valence electrons. The number of hydrogen-bond donors (Lipinski definition) is 2. The van der Waals surface area contributed by atoms with Gasteiger partial charge in [-0.05, 0) is 29.8 Å². The SMILES string of the molecule is O=C(O)c1cccc(C(=O)NCc2ccc(F)c(Cl)c2)n1. The van der Waals surface area contributed by atoms with Crippen LogP contribution in [0.5, 0.6) is 0 Å². The Hall–Kier alpha value is -2.47. The van der Waals surface area contributed by atoms with Crippen LogP contribution < -0.4 is 5.32 Å². The van der Waals surface area contributed by atoms with Gasteiger partial charge >= 0.3 is 5.97 Å². The number of pyridine rings is 1. The van der Waals surface area contributed by atoms with Crippen LogP contribution in [0.3, 0.4) is 0 Å². The summed E-state index contributed by atoms with van der Waals surface area (Å²) in [7, 11) is 0. The average molecular weight is 309 g/mol. The zero-order valence-electron chi connectivity index (χ0n) is 10.6. The zero-order valence-corrected chi connectivity index (χ0v) is 11.4. The molecule has 1 heterocycles. The molecule has 0 radical (unpaired) electrons. The Bertz CT molecular complexity index is 706. The van der Waals surface area contributed by atoms with Crippen LogP contribution in [-0.2, 0) is 6.54 Å². The molecule has 7 heteroatoms. The first-order valence-corrected chi connectivity index (χ1v) is 6.27. The van der Waals surface area contributed by atoms with Crippen LogP contribution in [0.25, 0.3) is 0 Å². The van der Waals surface area contributed by atoms with Gasteiger partial charge in [0.25, 0.3) is 5.91 Å². The Morgan fingerprint density at radius 2 is 1.95 bits per heavy atom. The van der Waals surface area contributed by atoms with Crippen LogP contribution in [0.4, 0.5) is 4.39 Å². The van der Waals surface area contributed by atoms with Gasteiger partial charge in [-0.25, -0.2) is 14.2 Å². The van der Waals surface area contributed by atoms with Gasteiger partial charge in [-0.2, -0.15) is 0 Å². The van der Waals surface area contributed by atoms with E-state index >= 15 is 0 Å². The van der Waals surface area contributed by atoms with Crippen molar-refractivity contribution in [2.24, 2.45) is 0 Å². The van der Waals surface area contributed by atoms with Crippen LogP contribution >= 0.6 is 11.6 Å². The number of benzene rings is 1. The van der Waals surface area contributed by atoms with Gasteiger partial charge in [-0.15, -0.1) is 0 Å². The molecule has 5 nitrogen and oxygen atoms in total. The number of nitrogens with zero attached hydrogens (tertiary/aromatic N) is 1. The molecule has 0 saturated heterocycles. The number of carbonyl (C=O) groups is 2. The van der Waals surface area contributed by atoms with E-state index in [0.717, 1.165) is 0 Å². The van der Waals surface area contributed by atoms with Crippen molar-refractivity contribution in [3.05, 3.63) is 64.2 Å². The first-order valence-electron chi connectivity index (χ1n) is 5.90. The molecule has 2 aromatic rings. The second-order valence-corrected chi connectivity index (χ2v) is 4.55. The van der Waals surface area contributed by atoms with Crippen molar-refractivity contribution in [3.8, 4) is 0 Å². The van der Waals surface area contributed by atoms with E-state index in [1.54, 1.807) is 0 Å². The summed E-state index contributed by atoms with van der Waals surface area (Å²) in [5.74, 6) is -2.28. The van der Waals surface area contributed by atoms with Crippen LogP contribution in [0.2, 0.25) is 5.02 Å². The summed E-state index contributed by atoms with van der Waals surface area (Å²) in [6, 6.07) is 8.21. The van der Waals surface area contributed by atoms with E-state index in [4.69, 9.17) is 16.7 Å². The standard InChI is InChI=1S/C14H10ClFN2O3/c15-9-6-8(4-5-10(9)16)7-17-13(19)11-2-1-3-12(18-11)14(20)21/h1-6H,7H2,(H,17,19)(H,20,21). The Balaban J connectivity index is 2.06. The molecule has 2 rings (SSSR count). The third-order valence-corrected chi connectivity index (χ3v) is 2.93. The first kappa shape index (κ1) is 14.9. The summed E-state index contributed by atoms with van der Waals surface area (Å²) in [4.78, 5) is 26.4. The molecule has 1 amide bonds. The molecule has 0 bridgehead atoms. The van der Waals surface area contributed by atoms with Gasteiger partial charge in [-0.3, -0.25) is 4.79 Å². The summed E-state index contributed by atoms with van der Waals surface area (Å²) >= 11 is 5.64. The normalized spacial score (nSPS) is 10.2. The Kier molecular flexibility index (Phi) is 4.49. The third-order valence-electron chi connectivity index (χ3n) is 2.64. The Morgan fingerprint density at radius 3 is 2.62 bits per heavy atom. The third kappa shape index (κ3) is 3.76. The maximum atomic E-state index is 13.0. The lowest BCUT2D eigenvalue weighted by molar-refractivity contribution is 0.0690. The van der Waals surface area contributed by atoms with Crippen molar-refractivity contribution in [1.29, 1.82) is 0 Å². The summed E-state index contributed by atoms with van der Waals surface area (Å²) in [5, 5.41) is 11.3. The molecule has 0 atom stereocenters. The van der Waals surface area contributed by atoms with E-state index in [9.17, 15) is 14.0 Å². The number of rotatable bonds is 4. The number of aromatic nitrogens is 1. The Morgan fingerprint density at radius 1 is 1.24 bits per heavy atom. The summed E-state index contributed by atoms with van der Waals surface area (Å²) in [6.45, 7) is 0.123. The van der Waals surface area contributed by atoms with Gasteiger partial charge in [0.15, 0.2) is 0 Å². The van der Waals surface area contributed by atoms with Crippen molar-refractivity contribution in [1.82, 2.24) is 10.3 Å². The fourth-order valence-corrected chi connectivity index (χ4v) is 1.81. The number of carbonyl (C=O) groups excluding carboxylic acids is 1. The maximum absolute atomic E-state index is 13.0. The Labute approximate surface area is 124 Å². The summed E-state index contributed by atoms with van der Waals surface area (Å²) < 4.78 is 13.0. The number of halogens is 2. The van der Waals surface area contributed by atoms with Crippen LogP contribution in [0.15, 0.2) is 36.4 Å². The van der Waals surface area contributed by atoms with E-state index in [-0.39, 0.29) is 23.0 Å². The molecular weight excluding hydrogens is 299 g/mol. The van der Waals surface area contributed by atoms with Gasteiger partial charge in [0, 0.05) is 6.54 Å². The molecule has 0 aliphatic rings. The summed E-state index contributed by atoms with van der Waals surface area (Å²) in [5.41, 5.74) is 0.389. The van der Waals surface area contributed by atoms with Crippen molar-refractivity contribution in [2.75, 3.05) is 0 Å². The van der Waals surface area contributed by atoms with E-state index in [2.05, 4.69) is 10.3 Å². The molecular formula is C14H10ClFN2O3. The van der Waals surface area contributed by atoms with Crippen molar-refractivity contribution >= 4 is 23.5 Å². The number of aromatic carboxylic acids is 1. The molecule has 1 aromatic carbocycles. The monoisotopic (exact) mass is 308 g/mol. The molecule has 0 fully saturated rings. The van der Waals surface area contributed by atoms with Crippen molar-refractivity contribution in [3.63, 3.8) is 0 Å². The lowest BCUT2D eigenvalue weighted by atomic mass is 10.2. The van der Waals surface area contributed by atoms with Crippen molar-refractivity contribution in [2.45, 2.75) is 6.54 Å². The molecule has 1 aromatic heterocycles. The number of nitrogens with one attached hydrogen (secondary N) is 1. The van der Waals surface area contributed by atoms with E-state index < -0.39 is 17.7 Å². The highest BCUT2D eigenvalue weighted by molar-refractivity contribution is 6.30. The predicted molar refractivity (Wildman–Crippen MR) is 73.8 cm³/mol. The molecule has 21 heavy (non-hydrogen) atoms. The molecule has 0 aliphatic carbocycles. The van der Waals surface area contributed by atoms with Crippen LogP contribution in [0, 0.1) is 5.82 Å². The number of hydrogen-bond acceptors (Lipinski definition) is 3. The smallest absolute Gasteiger partial charge is 0.354 e. The van der Waals surface area contributed by atoms with E-state index in [1.165, 1.54) is 36.4 Å². The fourth-order valence-electron chi connectivity index (χ4n) is 1.60. The topological polar surface area (TPSA) is 79.3 Å². The highest BCUT2D eigenvalue weighted by Crippen LogP contribution is 2.15. The lowest BCUT2D eigenvalue weighted by Gasteiger charge is -2.06. The summed E-state index contributed by atoms with van der Waals surface area (Å²) in [6.07, 6.45) is 0. The van der Waals surface area contributed by atoms with Gasteiger partial charge in [0.1, 0.15) is 17.2 Å². The van der Waals surface area contributed by atoms with Gasteiger partial charge in [0.05, 0.1) is 5.02 Å². The van der Waals surface area contributed by atoms with Crippen molar-refractivity contribution < 1.29 is 19.1 Å². The van der Waals surface area contributed by atoms with Gasteiger partial charge in [-0.1, -0.05) is 23.7 Å². The maximum Gasteiger partial charge on any atom is 0.354 e. The van der Waals surface area contributed by atoms with Gasteiger partial charge < -0.3 is 10.4 Å². The minimum atomic E-state index is -1.21. The zero-order chi connectivity index (χ0) is 15.4. The average Bonchev–Trinajstić information content (AvgIpc) is 2.48. The molecule has 0 saturated carbocycles. The second kappa shape index (κ2) is 6.32. The molecule has 0 aliphatic heterocycles. The number of carboxylic acid groups (broad SMARTS) is 1. The van der Waals surface area contributed by atoms with E-state index in [1.807, 2.05) is 0 Å². The van der Waals surface area contributed by atoms with Crippen LogP contribution in [-0.4, -0.2) is 22.0 Å². The second-order valence-electron chi connectivity index (χ2n) is 4.14. The molecule has 0 unspecified atom stereocenters. The number of carboxylic acids is 1. The van der Waals surface area contributed by atoms with Crippen LogP contribution in [0.1, 0.15) is 26.5 Å². The largest absolute Gasteiger partial charge is 0.477 e. The highest BCUT2D eigenvalue weighted by atomic mass is 35.5. The number of amides is 1. The fraction of sp³-hybridized carbons (Fsp3) is 0.0714. The van der Waals surface area contributed by atoms with Gasteiger partial charge in [0.2, 0.25) is 0 Å². The lowest BCUT2D eigenvalue weighted by Crippen LogP contribution is -2.24. The molecule has 2 N–H and O–H groups in total. The van der Waals surface area contributed by atoms with E-state index in [0.29, 0.717) is 5.56 Å². The first-order chi connectivity index (χ1) is 9.97. The minimum Gasteiger partial charge on any atom is -0.477 e. The highest BCUT2D eigenvalue weighted by Gasteiger charge is 2.11. The molecule has 0 spiro atoms. The minimum absolute atomic E-state index is 0.0110.